The van der Waals surface area contributed by atoms with Crippen molar-refractivity contribution >= 4 is 203 Å². The second-order valence-corrected chi connectivity index (χ2v) is 10.6. The molecular formula is C9H16B24O2S2. The fourth-order valence-corrected chi connectivity index (χ4v) is 3.44. The number of thioether (sulfide) groups is 1. The molecule has 2 unspecified atom stereocenters. The Kier molecular flexibility index (Phi) is 26.5. The van der Waals surface area contributed by atoms with Crippen molar-refractivity contribution in [3.8, 4) is 0 Å². The topological polar surface area (TPSA) is 26.3 Å². The number of esters is 1. The summed E-state index contributed by atoms with van der Waals surface area (Å²) >= 11 is 5.79. The monoisotopic (exact) mass is 484 g/mol. The smallest absolute Gasteiger partial charge is 0.331 e. The van der Waals surface area contributed by atoms with Crippen molar-refractivity contribution in [3.63, 3.8) is 0 Å². The average molecular weight is 480 g/mol. The van der Waals surface area contributed by atoms with Gasteiger partial charge in [-0.15, -0.1) is 11.8 Å². The Morgan fingerprint density at radius 3 is 1.43 bits per heavy atom. The van der Waals surface area contributed by atoms with Crippen LogP contribution in [0.25, 0.3) is 0 Å². The van der Waals surface area contributed by atoms with Crippen molar-refractivity contribution in [2.24, 2.45) is 0 Å². The summed E-state index contributed by atoms with van der Waals surface area (Å²) in [7, 11) is 69.6. The first-order valence-electron chi connectivity index (χ1n) is 12.1. The number of carbonyl (C=O) groups is 1. The molecule has 26 radical (unpaired) electrons. The van der Waals surface area contributed by atoms with Gasteiger partial charge in [-0.2, -0.15) is 12.6 Å². The summed E-state index contributed by atoms with van der Waals surface area (Å²) in [6.07, 6.45) is -0.165. The Morgan fingerprint density at radius 1 is 0.892 bits per heavy atom. The van der Waals surface area contributed by atoms with Gasteiger partial charge >= 0.3 is 5.97 Å². The molecule has 28 heteroatoms. The first-order chi connectivity index (χ1) is 17.2. The fraction of sp³-hybridized carbons (Fsp3) is 0.667. The van der Waals surface area contributed by atoms with Crippen molar-refractivity contribution in [2.45, 2.75) is 29.9 Å². The number of thiol groups is 1. The molecule has 2 fully saturated rings. The van der Waals surface area contributed by atoms with E-state index in [2.05, 4.69) is 12.6 Å². The van der Waals surface area contributed by atoms with Gasteiger partial charge in [0, 0.05) is 164 Å². The SMILES string of the molecule is CCOC(=O)/C=C/SC1BC1.SC1BC1.[B][B]B([B])B(B([B])[B])B([B])[B].[B][B]B([B])B(B([B])[B])B([B])[B]. The van der Waals surface area contributed by atoms with Gasteiger partial charge in [0.1, 0.15) is 14.6 Å². The van der Waals surface area contributed by atoms with E-state index in [1.165, 1.54) is 47.4 Å². The third kappa shape index (κ3) is 23.8. The lowest BCUT2D eigenvalue weighted by atomic mass is 8.56. The largest absolute Gasteiger partial charge is 0.463 e. The second-order valence-electron chi connectivity index (χ2n) is 8.63. The first-order valence-corrected chi connectivity index (χ1v) is 13.5. The van der Waals surface area contributed by atoms with Gasteiger partial charge in [-0.25, -0.2) is 4.79 Å². The second kappa shape index (κ2) is 24.1. The molecule has 0 saturated carbocycles. The van der Waals surface area contributed by atoms with E-state index < -0.39 is 38.3 Å². The van der Waals surface area contributed by atoms with E-state index in [4.69, 9.17) is 97.6 Å². The number of hydrogen-bond donors (Lipinski definition) is 1. The minimum absolute atomic E-state index is 0.236. The predicted octanol–water partition coefficient (Wildman–Crippen LogP) is -7.28. The Labute approximate surface area is 259 Å². The Bertz CT molecular complexity index is 549. The maximum Gasteiger partial charge on any atom is 0.331 e. The highest BCUT2D eigenvalue weighted by Crippen LogP contribution is 2.27. The third-order valence-corrected chi connectivity index (χ3v) is 6.61. The van der Waals surface area contributed by atoms with Crippen LogP contribution in [-0.2, 0) is 9.53 Å². The summed E-state index contributed by atoms with van der Waals surface area (Å²) in [5.74, 6) is -0.236. The van der Waals surface area contributed by atoms with Gasteiger partial charge in [-0.05, 0) is 22.6 Å². The van der Waals surface area contributed by atoms with Gasteiger partial charge in [0.25, 0.3) is 0 Å². The highest BCUT2D eigenvalue weighted by molar-refractivity contribution is 8.05. The Morgan fingerprint density at radius 2 is 1.24 bits per heavy atom. The Balaban J connectivity index is 0. The summed E-state index contributed by atoms with van der Waals surface area (Å²) in [5.41, 5.74) is 0. The number of ether oxygens (including phenoxy) is 1. The van der Waals surface area contributed by atoms with Crippen LogP contribution in [0, 0.1) is 0 Å². The molecule has 0 aromatic heterocycles. The number of rotatable bonds is 12. The predicted molar refractivity (Wildman–Crippen MR) is 200 cm³/mol. The summed E-state index contributed by atoms with van der Waals surface area (Å²) in [5, 5.41) is 3.37. The molecular weight excluding hydrogens is 464 g/mol. The highest BCUT2D eigenvalue weighted by Gasteiger charge is 2.27. The minimum atomic E-state index is -0.648. The maximum absolute atomic E-state index is 10.7. The molecule has 37 heavy (non-hydrogen) atoms. The molecule has 0 amide bonds. The molecule has 2 saturated heterocycles. The van der Waals surface area contributed by atoms with Gasteiger partial charge < -0.3 is 4.74 Å². The van der Waals surface area contributed by atoms with E-state index in [0.29, 0.717) is 6.61 Å². The van der Waals surface area contributed by atoms with Gasteiger partial charge in [0.15, 0.2) is 0 Å². The van der Waals surface area contributed by atoms with Crippen molar-refractivity contribution in [1.82, 2.24) is 0 Å². The highest BCUT2D eigenvalue weighted by atomic mass is 32.2. The lowest BCUT2D eigenvalue weighted by Crippen LogP contribution is -2.63. The molecule has 0 bridgehead atoms. The molecule has 2 aliphatic heterocycles. The van der Waals surface area contributed by atoms with Crippen LogP contribution in [0.5, 0.6) is 0 Å². The molecule has 2 rings (SSSR count). The van der Waals surface area contributed by atoms with Gasteiger partial charge in [-0.3, -0.25) is 0 Å². The minimum Gasteiger partial charge on any atom is -0.463 e. The standard InChI is InChI=1S/C7H11BO2S.C2H5BS.2B11/c1-2-10-7(9)3-4-11-6-5-8-6;4-2-1-3-2;2*1-7-10(6)11(8(2)3)9(4)5/h3-4,6,8H,2,5H2,1H3;2-4H,1H2;;/b4-3+;;;. The summed E-state index contributed by atoms with van der Waals surface area (Å²) in [6, 6.07) is 0. The first kappa shape index (κ1) is 40.6. The van der Waals surface area contributed by atoms with Crippen LogP contribution < -0.4 is 0 Å². The third-order valence-electron chi connectivity index (χ3n) is 4.94. The van der Waals surface area contributed by atoms with Crippen LogP contribution in [0.3, 0.4) is 0 Å². The summed E-state index contributed by atoms with van der Waals surface area (Å²) < 4.78 is 4.71. The molecule has 0 aromatic carbocycles. The molecule has 0 aliphatic carbocycles. The molecule has 2 aliphatic rings. The van der Waals surface area contributed by atoms with Crippen molar-refractivity contribution in [2.75, 3.05) is 6.61 Å². The maximum atomic E-state index is 10.7. The van der Waals surface area contributed by atoms with Crippen molar-refractivity contribution in [1.29, 1.82) is 0 Å². The van der Waals surface area contributed by atoms with E-state index >= 15 is 0 Å². The van der Waals surface area contributed by atoms with Crippen LogP contribution in [0.15, 0.2) is 11.5 Å². The molecule has 2 nitrogen and oxygen atoms in total. The molecule has 0 aromatic rings. The zero-order valence-electron chi connectivity index (χ0n) is 21.7. The fourth-order valence-electron chi connectivity index (χ4n) is 2.47. The number of carbonyl (C=O) groups excluding carboxylic acids is 1. The molecule has 0 N–H and O–H groups in total. The lowest BCUT2D eigenvalue weighted by molar-refractivity contribution is -0.137. The summed E-state index contributed by atoms with van der Waals surface area (Å²) in [4.78, 5) is 10.7. The molecule has 2 heterocycles. The van der Waals surface area contributed by atoms with Crippen LogP contribution in [-0.4, -0.2) is 195 Å². The molecule has 148 valence electrons. The lowest BCUT2D eigenvalue weighted by Gasteiger charge is -2.25. The van der Waals surface area contributed by atoms with Crippen LogP contribution in [0.1, 0.15) is 6.92 Å². The molecule has 0 spiro atoms. The zero-order valence-corrected chi connectivity index (χ0v) is 23.4. The van der Waals surface area contributed by atoms with Crippen molar-refractivity contribution in [3.05, 3.63) is 11.5 Å². The van der Waals surface area contributed by atoms with E-state index in [0.717, 1.165) is 10.3 Å². The van der Waals surface area contributed by atoms with Crippen molar-refractivity contribution < 1.29 is 9.53 Å². The van der Waals surface area contributed by atoms with Gasteiger partial charge in [-0.1, -0.05) is 12.6 Å². The normalized spacial score (nSPS) is 15.4. The van der Waals surface area contributed by atoms with E-state index in [1.807, 2.05) is 5.41 Å². The molecule has 2 atom stereocenters. The van der Waals surface area contributed by atoms with E-state index in [-0.39, 0.29) is 18.7 Å². The van der Waals surface area contributed by atoms with Crippen LogP contribution in [0.4, 0.5) is 0 Å². The van der Waals surface area contributed by atoms with Crippen LogP contribution in [0.2, 0.25) is 12.6 Å². The average Bonchev–Trinajstić information content (AvgIpc) is 3.72. The van der Waals surface area contributed by atoms with Gasteiger partial charge in [0.2, 0.25) is 0 Å². The van der Waals surface area contributed by atoms with E-state index in [9.17, 15) is 4.79 Å². The van der Waals surface area contributed by atoms with Gasteiger partial charge in [0.05, 0.1) is 6.61 Å². The quantitative estimate of drug-likeness (QED) is 0.130. The zero-order chi connectivity index (χ0) is 29.1. The summed E-state index contributed by atoms with van der Waals surface area (Å²) in [6.45, 7) is 2.26. The Hall–Kier alpha value is 1.47. The van der Waals surface area contributed by atoms with Crippen LogP contribution >= 0.6 is 24.4 Å². The number of hydrogen-bond acceptors (Lipinski definition) is 4. The van der Waals surface area contributed by atoms with E-state index in [1.54, 1.807) is 18.7 Å².